The summed E-state index contributed by atoms with van der Waals surface area (Å²) in [7, 11) is 1.57. The molecule has 0 spiro atoms. The van der Waals surface area contributed by atoms with Crippen LogP contribution in [0, 0.1) is 5.92 Å². The molecule has 2 N–H and O–H groups in total. The molecule has 1 unspecified atom stereocenters. The number of likely N-dealkylation sites (tertiary alicyclic amines) is 1. The van der Waals surface area contributed by atoms with Gasteiger partial charge < -0.3 is 20.3 Å². The van der Waals surface area contributed by atoms with Crippen molar-refractivity contribution in [2.24, 2.45) is 5.92 Å². The van der Waals surface area contributed by atoms with Gasteiger partial charge in [0.25, 0.3) is 5.91 Å². The van der Waals surface area contributed by atoms with Crippen LogP contribution in [0.15, 0.2) is 24.3 Å². The van der Waals surface area contributed by atoms with E-state index in [-0.39, 0.29) is 23.6 Å². The molecule has 0 aliphatic carbocycles. The van der Waals surface area contributed by atoms with Crippen LogP contribution in [-0.4, -0.2) is 55.5 Å². The Bertz CT molecular complexity index is 643. The van der Waals surface area contributed by atoms with E-state index in [4.69, 9.17) is 4.74 Å². The zero-order valence-corrected chi connectivity index (χ0v) is 15.6. The van der Waals surface area contributed by atoms with Gasteiger partial charge in [0.1, 0.15) is 6.04 Å². The van der Waals surface area contributed by atoms with Crippen molar-refractivity contribution in [2.75, 3.05) is 32.1 Å². The van der Waals surface area contributed by atoms with Crippen LogP contribution in [0.1, 0.15) is 37.0 Å². The topological polar surface area (TPSA) is 87.7 Å². The van der Waals surface area contributed by atoms with Crippen molar-refractivity contribution < 1.29 is 19.1 Å². The van der Waals surface area contributed by atoms with Gasteiger partial charge in [-0.05, 0) is 37.1 Å². The highest BCUT2D eigenvalue weighted by atomic mass is 16.5. The number of anilines is 1. The maximum absolute atomic E-state index is 12.8. The quantitative estimate of drug-likeness (QED) is 0.723. The SMILES string of the molecule is COCCNC(=O)C1CCCN1C(=O)c1ccc(NC(=O)C(C)C)cc1. The molecule has 3 amide bonds. The highest BCUT2D eigenvalue weighted by molar-refractivity contribution is 5.99. The molecule has 1 heterocycles. The minimum absolute atomic E-state index is 0.0728. The number of carbonyl (C=O) groups excluding carboxylic acids is 3. The summed E-state index contributed by atoms with van der Waals surface area (Å²) in [5.41, 5.74) is 1.15. The van der Waals surface area contributed by atoms with Crippen LogP contribution in [0.5, 0.6) is 0 Å². The Labute approximate surface area is 154 Å². The zero-order chi connectivity index (χ0) is 19.1. The summed E-state index contributed by atoms with van der Waals surface area (Å²) >= 11 is 0. The highest BCUT2D eigenvalue weighted by Gasteiger charge is 2.34. The second-order valence-electron chi connectivity index (χ2n) is 6.66. The molecule has 1 aromatic rings. The predicted octanol–water partition coefficient (Wildman–Crippen LogP) is 1.65. The van der Waals surface area contributed by atoms with Crippen LogP contribution in [0.3, 0.4) is 0 Å². The maximum atomic E-state index is 12.8. The standard InChI is InChI=1S/C19H27N3O4/c1-13(2)17(23)21-15-8-6-14(7-9-15)19(25)22-11-4-5-16(22)18(24)20-10-12-26-3/h6-9,13,16H,4-5,10-12H2,1-3H3,(H,20,24)(H,21,23). The van der Waals surface area contributed by atoms with Gasteiger partial charge in [0.05, 0.1) is 6.61 Å². The number of amides is 3. The van der Waals surface area contributed by atoms with E-state index in [9.17, 15) is 14.4 Å². The molecule has 2 rings (SSSR count). The normalized spacial score (nSPS) is 16.6. The summed E-state index contributed by atoms with van der Waals surface area (Å²) in [4.78, 5) is 38.4. The fourth-order valence-electron chi connectivity index (χ4n) is 2.83. The summed E-state index contributed by atoms with van der Waals surface area (Å²) in [5.74, 6) is -0.500. The van der Waals surface area contributed by atoms with Crippen LogP contribution >= 0.6 is 0 Å². The molecular formula is C19H27N3O4. The van der Waals surface area contributed by atoms with E-state index in [1.807, 2.05) is 13.8 Å². The van der Waals surface area contributed by atoms with Gasteiger partial charge in [-0.2, -0.15) is 0 Å². The Morgan fingerprint density at radius 3 is 2.54 bits per heavy atom. The largest absolute Gasteiger partial charge is 0.383 e. The average Bonchev–Trinajstić information content (AvgIpc) is 3.11. The number of rotatable bonds is 7. The van der Waals surface area contributed by atoms with Crippen molar-refractivity contribution in [1.29, 1.82) is 0 Å². The van der Waals surface area contributed by atoms with Crippen LogP contribution in [0.2, 0.25) is 0 Å². The summed E-state index contributed by atoms with van der Waals surface area (Å²) < 4.78 is 4.93. The van der Waals surface area contributed by atoms with Gasteiger partial charge >= 0.3 is 0 Å². The van der Waals surface area contributed by atoms with E-state index in [1.54, 1.807) is 36.3 Å². The first-order valence-electron chi connectivity index (χ1n) is 8.92. The van der Waals surface area contributed by atoms with Crippen LogP contribution < -0.4 is 10.6 Å². The van der Waals surface area contributed by atoms with Crippen molar-refractivity contribution in [3.8, 4) is 0 Å². The van der Waals surface area contributed by atoms with Crippen LogP contribution in [0.25, 0.3) is 0 Å². The van der Waals surface area contributed by atoms with Gasteiger partial charge in [-0.3, -0.25) is 14.4 Å². The Morgan fingerprint density at radius 1 is 1.23 bits per heavy atom. The zero-order valence-electron chi connectivity index (χ0n) is 15.6. The predicted molar refractivity (Wildman–Crippen MR) is 98.9 cm³/mol. The minimum Gasteiger partial charge on any atom is -0.383 e. The molecule has 1 fully saturated rings. The molecule has 7 heteroatoms. The fourth-order valence-corrected chi connectivity index (χ4v) is 2.83. The maximum Gasteiger partial charge on any atom is 0.254 e. The molecule has 0 radical (unpaired) electrons. The molecule has 26 heavy (non-hydrogen) atoms. The molecule has 1 atom stereocenters. The Balaban J connectivity index is 2.00. The van der Waals surface area contributed by atoms with Crippen molar-refractivity contribution in [1.82, 2.24) is 10.2 Å². The summed E-state index contributed by atoms with van der Waals surface area (Å²) in [6.07, 6.45) is 1.46. The Hall–Kier alpha value is -2.41. The summed E-state index contributed by atoms with van der Waals surface area (Å²) in [5, 5.41) is 5.59. The molecule has 1 aliphatic heterocycles. The van der Waals surface area contributed by atoms with Crippen LogP contribution in [0.4, 0.5) is 5.69 Å². The molecule has 1 aromatic carbocycles. The average molecular weight is 361 g/mol. The lowest BCUT2D eigenvalue weighted by Gasteiger charge is -2.24. The van der Waals surface area contributed by atoms with Gasteiger partial charge in [-0.15, -0.1) is 0 Å². The molecule has 0 bridgehead atoms. The van der Waals surface area contributed by atoms with E-state index in [1.165, 1.54) is 0 Å². The van der Waals surface area contributed by atoms with E-state index in [0.29, 0.717) is 37.4 Å². The molecule has 7 nitrogen and oxygen atoms in total. The summed E-state index contributed by atoms with van der Waals surface area (Å²) in [6.45, 7) is 5.07. The number of benzene rings is 1. The highest BCUT2D eigenvalue weighted by Crippen LogP contribution is 2.21. The Morgan fingerprint density at radius 2 is 1.92 bits per heavy atom. The number of carbonyl (C=O) groups is 3. The third kappa shape index (κ3) is 5.05. The number of nitrogens with zero attached hydrogens (tertiary/aromatic N) is 1. The molecule has 1 aliphatic rings. The van der Waals surface area contributed by atoms with Gasteiger partial charge in [-0.25, -0.2) is 0 Å². The third-order valence-corrected chi connectivity index (χ3v) is 4.35. The molecular weight excluding hydrogens is 334 g/mol. The Kier molecular flexibility index (Phi) is 7.15. The van der Waals surface area contributed by atoms with E-state index in [2.05, 4.69) is 10.6 Å². The van der Waals surface area contributed by atoms with E-state index >= 15 is 0 Å². The van der Waals surface area contributed by atoms with Crippen molar-refractivity contribution >= 4 is 23.4 Å². The number of ether oxygens (including phenoxy) is 1. The van der Waals surface area contributed by atoms with Crippen LogP contribution in [-0.2, 0) is 14.3 Å². The van der Waals surface area contributed by atoms with Gasteiger partial charge in [0, 0.05) is 37.4 Å². The second-order valence-corrected chi connectivity index (χ2v) is 6.66. The molecule has 142 valence electrons. The lowest BCUT2D eigenvalue weighted by molar-refractivity contribution is -0.125. The number of hydrogen-bond acceptors (Lipinski definition) is 4. The first-order chi connectivity index (χ1) is 12.4. The van der Waals surface area contributed by atoms with Crippen molar-refractivity contribution in [3.63, 3.8) is 0 Å². The third-order valence-electron chi connectivity index (χ3n) is 4.35. The second kappa shape index (κ2) is 9.33. The van der Waals surface area contributed by atoms with Gasteiger partial charge in [0.2, 0.25) is 11.8 Å². The van der Waals surface area contributed by atoms with Gasteiger partial charge in [-0.1, -0.05) is 13.8 Å². The monoisotopic (exact) mass is 361 g/mol. The fraction of sp³-hybridized carbons (Fsp3) is 0.526. The lowest BCUT2D eigenvalue weighted by atomic mass is 10.1. The van der Waals surface area contributed by atoms with Gasteiger partial charge in [0.15, 0.2) is 0 Å². The van der Waals surface area contributed by atoms with Crippen molar-refractivity contribution in [2.45, 2.75) is 32.7 Å². The lowest BCUT2D eigenvalue weighted by Crippen LogP contribution is -2.46. The first-order valence-corrected chi connectivity index (χ1v) is 8.92. The molecule has 0 aromatic heterocycles. The number of nitrogens with one attached hydrogen (secondary N) is 2. The van der Waals surface area contributed by atoms with E-state index in [0.717, 1.165) is 6.42 Å². The number of hydrogen-bond donors (Lipinski definition) is 2. The minimum atomic E-state index is -0.445. The summed E-state index contributed by atoms with van der Waals surface area (Å²) in [6, 6.07) is 6.32. The first kappa shape index (κ1) is 19.9. The number of methoxy groups -OCH3 is 1. The smallest absolute Gasteiger partial charge is 0.254 e. The molecule has 1 saturated heterocycles. The molecule has 0 saturated carbocycles. The van der Waals surface area contributed by atoms with Crippen molar-refractivity contribution in [3.05, 3.63) is 29.8 Å². The van der Waals surface area contributed by atoms with E-state index < -0.39 is 6.04 Å².